The van der Waals surface area contributed by atoms with Crippen LogP contribution in [0.5, 0.6) is 11.5 Å². The second-order valence-corrected chi connectivity index (χ2v) is 5.72. The number of rotatable bonds is 4. The number of fused-ring (bicyclic) bond motifs is 1. The molecular weight excluding hydrogens is 306 g/mol. The van der Waals surface area contributed by atoms with Crippen molar-refractivity contribution in [3.63, 3.8) is 0 Å². The van der Waals surface area contributed by atoms with Gasteiger partial charge in [0.1, 0.15) is 0 Å². The molecule has 5 nitrogen and oxygen atoms in total. The fraction of sp³-hybridized carbons (Fsp3) is 0.316. The van der Waals surface area contributed by atoms with Crippen LogP contribution >= 0.6 is 0 Å². The Bertz CT molecular complexity index is 688. The third-order valence-corrected chi connectivity index (χ3v) is 4.05. The van der Waals surface area contributed by atoms with Crippen molar-refractivity contribution in [3.8, 4) is 11.5 Å². The molecule has 0 spiro atoms. The molecule has 0 bridgehead atoms. The van der Waals surface area contributed by atoms with E-state index in [-0.39, 0.29) is 6.04 Å². The lowest BCUT2D eigenvalue weighted by atomic mass is 10.1. The van der Waals surface area contributed by atoms with E-state index in [1.165, 1.54) is 0 Å². The monoisotopic (exact) mass is 327 g/mol. The molecule has 2 aromatic rings. The molecule has 5 heteroatoms. The predicted molar refractivity (Wildman–Crippen MR) is 90.2 cm³/mol. The minimum absolute atomic E-state index is 0.135. The Morgan fingerprint density at radius 1 is 1.21 bits per heavy atom. The van der Waals surface area contributed by atoms with E-state index in [0.29, 0.717) is 17.9 Å². The highest BCUT2D eigenvalue weighted by atomic mass is 16.7. The SMILES string of the molecule is COc1cccc2c1OC(OC(=O)N[C@@H](C)c1ccccc1)CC2. The Balaban J connectivity index is 1.60. The molecule has 0 aromatic heterocycles. The van der Waals surface area contributed by atoms with Crippen molar-refractivity contribution in [2.24, 2.45) is 0 Å². The van der Waals surface area contributed by atoms with Gasteiger partial charge in [0, 0.05) is 6.42 Å². The van der Waals surface area contributed by atoms with Crippen LogP contribution in [-0.4, -0.2) is 19.5 Å². The number of methoxy groups -OCH3 is 1. The number of carbonyl (C=O) groups is 1. The lowest BCUT2D eigenvalue weighted by Crippen LogP contribution is -2.35. The zero-order valence-corrected chi connectivity index (χ0v) is 13.8. The van der Waals surface area contributed by atoms with E-state index < -0.39 is 12.4 Å². The number of carbonyl (C=O) groups excluding carboxylic acids is 1. The van der Waals surface area contributed by atoms with Gasteiger partial charge in [-0.2, -0.15) is 0 Å². The third-order valence-electron chi connectivity index (χ3n) is 4.05. The Labute approximate surface area is 141 Å². The first-order valence-electron chi connectivity index (χ1n) is 8.02. The molecule has 0 radical (unpaired) electrons. The lowest BCUT2D eigenvalue weighted by molar-refractivity contribution is -0.0465. The standard InChI is InChI=1S/C19H21NO4/c1-13(14-7-4-3-5-8-14)20-19(21)24-17-12-11-15-9-6-10-16(22-2)18(15)23-17/h3-10,13,17H,11-12H2,1-2H3,(H,20,21)/t13-,17?/m0/s1. The Hall–Kier alpha value is -2.69. The number of aryl methyl sites for hydroxylation is 1. The second-order valence-electron chi connectivity index (χ2n) is 5.72. The first-order chi connectivity index (χ1) is 11.7. The molecule has 0 aliphatic carbocycles. The van der Waals surface area contributed by atoms with Gasteiger partial charge in [0.05, 0.1) is 13.2 Å². The van der Waals surface area contributed by atoms with Gasteiger partial charge in [-0.05, 0) is 30.5 Å². The number of hydrogen-bond donors (Lipinski definition) is 1. The molecule has 0 saturated carbocycles. The number of benzene rings is 2. The average Bonchev–Trinajstić information content (AvgIpc) is 2.61. The number of para-hydroxylation sites is 1. The van der Waals surface area contributed by atoms with Gasteiger partial charge in [-0.25, -0.2) is 4.79 Å². The maximum atomic E-state index is 12.1. The Morgan fingerprint density at radius 3 is 2.75 bits per heavy atom. The van der Waals surface area contributed by atoms with Gasteiger partial charge in [-0.3, -0.25) is 0 Å². The molecular formula is C19H21NO4. The number of hydrogen-bond acceptors (Lipinski definition) is 4. The summed E-state index contributed by atoms with van der Waals surface area (Å²) in [7, 11) is 1.59. The van der Waals surface area contributed by atoms with Gasteiger partial charge < -0.3 is 19.5 Å². The summed E-state index contributed by atoms with van der Waals surface area (Å²) in [4.78, 5) is 12.1. The summed E-state index contributed by atoms with van der Waals surface area (Å²) in [5, 5.41) is 2.82. The second kappa shape index (κ2) is 7.25. The Kier molecular flexibility index (Phi) is 4.89. The van der Waals surface area contributed by atoms with Crippen LogP contribution in [0.2, 0.25) is 0 Å². The average molecular weight is 327 g/mol. The van der Waals surface area contributed by atoms with Crippen molar-refractivity contribution in [1.29, 1.82) is 0 Å². The van der Waals surface area contributed by atoms with Crippen molar-refractivity contribution in [2.45, 2.75) is 32.1 Å². The van der Waals surface area contributed by atoms with Crippen LogP contribution in [0.15, 0.2) is 48.5 Å². The molecule has 1 aliphatic rings. The number of amides is 1. The van der Waals surface area contributed by atoms with Crippen molar-refractivity contribution in [2.75, 3.05) is 7.11 Å². The highest BCUT2D eigenvalue weighted by Gasteiger charge is 2.26. The van der Waals surface area contributed by atoms with Crippen LogP contribution in [0.1, 0.15) is 30.5 Å². The molecule has 3 rings (SSSR count). The molecule has 1 heterocycles. The summed E-state index contributed by atoms with van der Waals surface area (Å²) in [6.45, 7) is 1.91. The van der Waals surface area contributed by atoms with Crippen molar-refractivity contribution < 1.29 is 19.0 Å². The molecule has 1 amide bonds. The summed E-state index contributed by atoms with van der Waals surface area (Å²) < 4.78 is 16.5. The molecule has 2 aromatic carbocycles. The summed E-state index contributed by atoms with van der Waals surface area (Å²) in [6, 6.07) is 15.4. The van der Waals surface area contributed by atoms with E-state index in [9.17, 15) is 4.79 Å². The predicted octanol–water partition coefficient (Wildman–Crippen LogP) is 3.83. The zero-order valence-electron chi connectivity index (χ0n) is 13.8. The van der Waals surface area contributed by atoms with Gasteiger partial charge in [-0.15, -0.1) is 0 Å². The van der Waals surface area contributed by atoms with Crippen LogP contribution < -0.4 is 14.8 Å². The van der Waals surface area contributed by atoms with Crippen molar-refractivity contribution in [1.82, 2.24) is 5.32 Å². The van der Waals surface area contributed by atoms with E-state index >= 15 is 0 Å². The van der Waals surface area contributed by atoms with Gasteiger partial charge in [0.15, 0.2) is 11.5 Å². The quantitative estimate of drug-likeness (QED) is 0.927. The van der Waals surface area contributed by atoms with Crippen molar-refractivity contribution in [3.05, 3.63) is 59.7 Å². The molecule has 0 saturated heterocycles. The molecule has 1 unspecified atom stereocenters. The summed E-state index contributed by atoms with van der Waals surface area (Å²) in [5.74, 6) is 1.30. The van der Waals surface area contributed by atoms with Gasteiger partial charge in [0.2, 0.25) is 6.29 Å². The van der Waals surface area contributed by atoms with Crippen LogP contribution in [0.25, 0.3) is 0 Å². The molecule has 2 atom stereocenters. The largest absolute Gasteiger partial charge is 0.493 e. The molecule has 24 heavy (non-hydrogen) atoms. The smallest absolute Gasteiger partial charge is 0.410 e. The number of ether oxygens (including phenoxy) is 3. The minimum atomic E-state index is -0.614. The van der Waals surface area contributed by atoms with E-state index in [2.05, 4.69) is 5.32 Å². The van der Waals surface area contributed by atoms with Gasteiger partial charge in [0.25, 0.3) is 0 Å². The number of nitrogens with one attached hydrogen (secondary N) is 1. The van der Waals surface area contributed by atoms with Crippen molar-refractivity contribution >= 4 is 6.09 Å². The molecule has 126 valence electrons. The molecule has 1 aliphatic heterocycles. The highest BCUT2D eigenvalue weighted by molar-refractivity contribution is 5.68. The van der Waals surface area contributed by atoms with Crippen LogP contribution in [0.3, 0.4) is 0 Å². The van der Waals surface area contributed by atoms with Gasteiger partial charge >= 0.3 is 6.09 Å². The van der Waals surface area contributed by atoms with Gasteiger partial charge in [-0.1, -0.05) is 42.5 Å². The van der Waals surface area contributed by atoms with E-state index in [1.54, 1.807) is 7.11 Å². The fourth-order valence-corrected chi connectivity index (χ4v) is 2.75. The van der Waals surface area contributed by atoms with E-state index in [0.717, 1.165) is 17.5 Å². The minimum Gasteiger partial charge on any atom is -0.493 e. The molecule has 0 fully saturated rings. The zero-order chi connectivity index (χ0) is 16.9. The summed E-state index contributed by atoms with van der Waals surface area (Å²) in [6.07, 6.45) is 0.290. The van der Waals surface area contributed by atoms with Crippen LogP contribution in [0.4, 0.5) is 4.79 Å². The lowest BCUT2D eigenvalue weighted by Gasteiger charge is -2.27. The first kappa shape index (κ1) is 16.2. The van der Waals surface area contributed by atoms with Crippen LogP contribution in [-0.2, 0) is 11.2 Å². The number of alkyl carbamates (subject to hydrolysis) is 1. The highest BCUT2D eigenvalue weighted by Crippen LogP contribution is 2.36. The topological polar surface area (TPSA) is 56.8 Å². The van der Waals surface area contributed by atoms with E-state index in [1.807, 2.05) is 55.5 Å². The summed E-state index contributed by atoms with van der Waals surface area (Å²) in [5.41, 5.74) is 2.08. The third kappa shape index (κ3) is 3.62. The molecule has 1 N–H and O–H groups in total. The maximum absolute atomic E-state index is 12.1. The maximum Gasteiger partial charge on any atom is 0.410 e. The van der Waals surface area contributed by atoms with Crippen LogP contribution in [0, 0.1) is 0 Å². The normalized spacial score (nSPS) is 17.2. The van der Waals surface area contributed by atoms with E-state index in [4.69, 9.17) is 14.2 Å². The summed E-state index contributed by atoms with van der Waals surface area (Å²) >= 11 is 0. The fourth-order valence-electron chi connectivity index (χ4n) is 2.75. The first-order valence-corrected chi connectivity index (χ1v) is 8.02. The Morgan fingerprint density at radius 2 is 2.00 bits per heavy atom.